The lowest BCUT2D eigenvalue weighted by molar-refractivity contribution is -0.0299. The number of ether oxygens (including phenoxy) is 1. The van der Waals surface area contributed by atoms with Crippen molar-refractivity contribution in [3.05, 3.63) is 29.6 Å². The van der Waals surface area contributed by atoms with Crippen molar-refractivity contribution in [2.45, 2.75) is 19.4 Å². The van der Waals surface area contributed by atoms with Crippen molar-refractivity contribution in [1.29, 1.82) is 0 Å². The number of nitrogens with zero attached hydrogens (tertiary/aromatic N) is 1. The van der Waals surface area contributed by atoms with Crippen molar-refractivity contribution in [2.24, 2.45) is 0 Å². The van der Waals surface area contributed by atoms with E-state index >= 15 is 0 Å². The van der Waals surface area contributed by atoms with Crippen LogP contribution < -0.4 is 0 Å². The van der Waals surface area contributed by atoms with Gasteiger partial charge in [0.2, 0.25) is 0 Å². The fourth-order valence-electron chi connectivity index (χ4n) is 2.15. The minimum atomic E-state index is -0.588. The molecule has 1 aliphatic heterocycles. The largest absolute Gasteiger partial charge is 0.505 e. The molecule has 1 heterocycles. The second-order valence-corrected chi connectivity index (χ2v) is 4.37. The number of benzene rings is 1. The second-order valence-electron chi connectivity index (χ2n) is 4.37. The minimum Gasteiger partial charge on any atom is -0.505 e. The van der Waals surface area contributed by atoms with E-state index in [9.17, 15) is 9.50 Å². The molecule has 0 aliphatic carbocycles. The summed E-state index contributed by atoms with van der Waals surface area (Å²) in [5.74, 6) is -0.895. The van der Waals surface area contributed by atoms with Gasteiger partial charge in [-0.25, -0.2) is 4.39 Å². The number of hydrogen-bond donors (Lipinski definition) is 1. The summed E-state index contributed by atoms with van der Waals surface area (Å²) in [5.41, 5.74) is 0.838. The first-order valence-corrected chi connectivity index (χ1v) is 6.03. The predicted octanol–water partition coefficient (Wildman–Crippen LogP) is 2.31. The Labute approximate surface area is 101 Å². The molecule has 0 amide bonds. The lowest BCUT2D eigenvalue weighted by Gasteiger charge is -2.32. The third kappa shape index (κ3) is 2.96. The van der Waals surface area contributed by atoms with Gasteiger partial charge in [-0.3, -0.25) is 4.90 Å². The standard InChI is InChI=1S/C13H18FNO2/c1-2-5-15-6-7-17-13(9-15)10-3-4-11(14)12(16)8-10/h3-4,8,13,16H,2,5-7,9H2,1H3. The highest BCUT2D eigenvalue weighted by Crippen LogP contribution is 2.26. The molecule has 2 rings (SSSR count). The minimum absolute atomic E-state index is 0.0678. The molecule has 94 valence electrons. The molecule has 1 saturated heterocycles. The first kappa shape index (κ1) is 12.3. The van der Waals surface area contributed by atoms with Gasteiger partial charge in [0.05, 0.1) is 12.7 Å². The summed E-state index contributed by atoms with van der Waals surface area (Å²) in [6.45, 7) is 5.63. The van der Waals surface area contributed by atoms with Crippen LogP contribution in [0.15, 0.2) is 18.2 Å². The number of morpholine rings is 1. The van der Waals surface area contributed by atoms with Crippen LogP contribution in [0.5, 0.6) is 5.75 Å². The summed E-state index contributed by atoms with van der Waals surface area (Å²) in [6, 6.07) is 4.41. The van der Waals surface area contributed by atoms with Crippen molar-refractivity contribution in [3.63, 3.8) is 0 Å². The highest BCUT2D eigenvalue weighted by molar-refractivity contribution is 5.30. The summed E-state index contributed by atoms with van der Waals surface area (Å²) in [4.78, 5) is 2.33. The molecule has 1 aromatic carbocycles. The van der Waals surface area contributed by atoms with Crippen molar-refractivity contribution < 1.29 is 14.2 Å². The number of aromatic hydroxyl groups is 1. The maximum Gasteiger partial charge on any atom is 0.164 e. The lowest BCUT2D eigenvalue weighted by atomic mass is 10.1. The summed E-state index contributed by atoms with van der Waals surface area (Å²) in [5, 5.41) is 9.36. The van der Waals surface area contributed by atoms with E-state index in [1.807, 2.05) is 0 Å². The van der Waals surface area contributed by atoms with Crippen molar-refractivity contribution in [3.8, 4) is 5.75 Å². The van der Waals surface area contributed by atoms with Crippen LogP contribution in [0.1, 0.15) is 25.0 Å². The Balaban J connectivity index is 2.08. The zero-order chi connectivity index (χ0) is 12.3. The van der Waals surface area contributed by atoms with E-state index in [1.54, 1.807) is 6.07 Å². The van der Waals surface area contributed by atoms with Gasteiger partial charge in [-0.05, 0) is 30.7 Å². The van der Waals surface area contributed by atoms with Crippen LogP contribution in [0, 0.1) is 5.82 Å². The molecule has 0 bridgehead atoms. The predicted molar refractivity (Wildman–Crippen MR) is 63.5 cm³/mol. The van der Waals surface area contributed by atoms with E-state index in [0.717, 1.165) is 31.6 Å². The van der Waals surface area contributed by atoms with Crippen LogP contribution in [0.25, 0.3) is 0 Å². The molecule has 1 unspecified atom stereocenters. The first-order chi connectivity index (χ1) is 8.20. The number of halogens is 1. The summed E-state index contributed by atoms with van der Waals surface area (Å²) >= 11 is 0. The molecule has 1 N–H and O–H groups in total. The topological polar surface area (TPSA) is 32.7 Å². The van der Waals surface area contributed by atoms with Crippen LogP contribution >= 0.6 is 0 Å². The molecule has 17 heavy (non-hydrogen) atoms. The van der Waals surface area contributed by atoms with E-state index in [4.69, 9.17) is 4.74 Å². The molecular formula is C13H18FNO2. The molecule has 4 heteroatoms. The van der Waals surface area contributed by atoms with Gasteiger partial charge in [0.25, 0.3) is 0 Å². The third-order valence-electron chi connectivity index (χ3n) is 3.03. The summed E-state index contributed by atoms with van der Waals surface area (Å²) in [7, 11) is 0. The van der Waals surface area contributed by atoms with Crippen molar-refractivity contribution >= 4 is 0 Å². The first-order valence-electron chi connectivity index (χ1n) is 6.03. The molecular weight excluding hydrogens is 221 g/mol. The Hall–Kier alpha value is -1.13. The van der Waals surface area contributed by atoms with E-state index in [1.165, 1.54) is 12.1 Å². The molecule has 1 aromatic rings. The van der Waals surface area contributed by atoms with Crippen LogP contribution in [0.4, 0.5) is 4.39 Å². The van der Waals surface area contributed by atoms with Crippen LogP contribution in [-0.2, 0) is 4.74 Å². The zero-order valence-corrected chi connectivity index (χ0v) is 10.0. The number of hydrogen-bond acceptors (Lipinski definition) is 3. The highest BCUT2D eigenvalue weighted by Gasteiger charge is 2.22. The number of rotatable bonds is 3. The second kappa shape index (κ2) is 5.47. The molecule has 1 atom stereocenters. The Morgan fingerprint density at radius 3 is 3.06 bits per heavy atom. The maximum absolute atomic E-state index is 13.0. The number of phenolic OH excluding ortho intramolecular Hbond substituents is 1. The van der Waals surface area contributed by atoms with Gasteiger partial charge in [0, 0.05) is 13.1 Å². The monoisotopic (exact) mass is 239 g/mol. The SMILES string of the molecule is CCCN1CCOC(c2ccc(F)c(O)c2)C1. The number of phenols is 1. The van der Waals surface area contributed by atoms with Gasteiger partial charge in [0.15, 0.2) is 11.6 Å². The molecule has 0 aromatic heterocycles. The van der Waals surface area contributed by atoms with E-state index in [2.05, 4.69) is 11.8 Å². The Morgan fingerprint density at radius 2 is 2.35 bits per heavy atom. The molecule has 0 spiro atoms. The van der Waals surface area contributed by atoms with Crippen LogP contribution in [0.3, 0.4) is 0 Å². The quantitative estimate of drug-likeness (QED) is 0.878. The van der Waals surface area contributed by atoms with E-state index < -0.39 is 5.82 Å². The van der Waals surface area contributed by atoms with Crippen molar-refractivity contribution in [1.82, 2.24) is 4.90 Å². The average molecular weight is 239 g/mol. The van der Waals surface area contributed by atoms with Gasteiger partial charge in [-0.2, -0.15) is 0 Å². The summed E-state index contributed by atoms with van der Waals surface area (Å²) in [6.07, 6.45) is 1.04. The van der Waals surface area contributed by atoms with Gasteiger partial charge >= 0.3 is 0 Å². The maximum atomic E-state index is 13.0. The Morgan fingerprint density at radius 1 is 1.53 bits per heavy atom. The Kier molecular flexibility index (Phi) is 3.97. The molecule has 0 radical (unpaired) electrons. The van der Waals surface area contributed by atoms with Gasteiger partial charge < -0.3 is 9.84 Å². The van der Waals surface area contributed by atoms with Crippen molar-refractivity contribution in [2.75, 3.05) is 26.2 Å². The molecule has 3 nitrogen and oxygen atoms in total. The van der Waals surface area contributed by atoms with Gasteiger partial charge in [-0.1, -0.05) is 13.0 Å². The summed E-state index contributed by atoms with van der Waals surface area (Å²) < 4.78 is 18.6. The van der Waals surface area contributed by atoms with E-state index in [0.29, 0.717) is 6.61 Å². The van der Waals surface area contributed by atoms with Crippen LogP contribution in [-0.4, -0.2) is 36.2 Å². The van der Waals surface area contributed by atoms with Gasteiger partial charge in [0.1, 0.15) is 0 Å². The van der Waals surface area contributed by atoms with Crippen LogP contribution in [0.2, 0.25) is 0 Å². The van der Waals surface area contributed by atoms with Gasteiger partial charge in [-0.15, -0.1) is 0 Å². The lowest BCUT2D eigenvalue weighted by Crippen LogP contribution is -2.38. The molecule has 1 aliphatic rings. The fourth-order valence-corrected chi connectivity index (χ4v) is 2.15. The Bertz CT molecular complexity index is 382. The normalized spacial score (nSPS) is 21.6. The zero-order valence-electron chi connectivity index (χ0n) is 10.0. The smallest absolute Gasteiger partial charge is 0.164 e. The third-order valence-corrected chi connectivity index (χ3v) is 3.03. The molecule has 1 fully saturated rings. The average Bonchev–Trinajstić information content (AvgIpc) is 2.33. The highest BCUT2D eigenvalue weighted by atomic mass is 19.1. The fraction of sp³-hybridized carbons (Fsp3) is 0.538. The molecule has 0 saturated carbocycles. The van der Waals surface area contributed by atoms with E-state index in [-0.39, 0.29) is 11.9 Å².